The Morgan fingerprint density at radius 3 is 2.35 bits per heavy atom. The number of amides is 1. The highest BCUT2D eigenvalue weighted by Gasteiger charge is 2.07. The molecule has 0 unspecified atom stereocenters. The fourth-order valence-corrected chi connectivity index (χ4v) is 1.82. The Morgan fingerprint density at radius 1 is 1.10 bits per heavy atom. The Bertz CT molecular complexity index is 608. The number of halogens is 1. The standard InChI is InChI=1S/C16H17FN2O/c1-3-18-13-8-5-12(6-9-13)16(20)19-14-7-4-11(2)15(17)10-14/h4-10,18H,3H2,1-2H3,(H,19,20). The van der Waals surface area contributed by atoms with Gasteiger partial charge in [-0.15, -0.1) is 0 Å². The molecule has 0 aromatic heterocycles. The molecule has 2 rings (SSSR count). The summed E-state index contributed by atoms with van der Waals surface area (Å²) < 4.78 is 13.4. The molecule has 0 aliphatic rings. The molecule has 20 heavy (non-hydrogen) atoms. The van der Waals surface area contributed by atoms with Crippen molar-refractivity contribution < 1.29 is 9.18 Å². The molecular weight excluding hydrogens is 255 g/mol. The zero-order chi connectivity index (χ0) is 14.5. The quantitative estimate of drug-likeness (QED) is 0.888. The van der Waals surface area contributed by atoms with Gasteiger partial charge in [-0.2, -0.15) is 0 Å². The molecule has 0 aliphatic heterocycles. The average molecular weight is 272 g/mol. The molecule has 2 aromatic rings. The molecule has 0 saturated heterocycles. The van der Waals surface area contributed by atoms with E-state index in [4.69, 9.17) is 0 Å². The molecule has 0 saturated carbocycles. The van der Waals surface area contributed by atoms with Crippen molar-refractivity contribution in [3.8, 4) is 0 Å². The van der Waals surface area contributed by atoms with Crippen molar-refractivity contribution in [2.75, 3.05) is 17.2 Å². The second kappa shape index (κ2) is 6.19. The van der Waals surface area contributed by atoms with E-state index >= 15 is 0 Å². The molecule has 0 bridgehead atoms. The van der Waals surface area contributed by atoms with Crippen molar-refractivity contribution >= 4 is 17.3 Å². The molecule has 104 valence electrons. The fraction of sp³-hybridized carbons (Fsp3) is 0.188. The number of hydrogen-bond acceptors (Lipinski definition) is 2. The van der Waals surface area contributed by atoms with Crippen molar-refractivity contribution in [1.29, 1.82) is 0 Å². The van der Waals surface area contributed by atoms with Gasteiger partial charge in [0.1, 0.15) is 5.82 Å². The van der Waals surface area contributed by atoms with Crippen LogP contribution in [0.1, 0.15) is 22.8 Å². The van der Waals surface area contributed by atoms with E-state index in [1.165, 1.54) is 6.07 Å². The molecular formula is C16H17FN2O. The normalized spacial score (nSPS) is 10.2. The Hall–Kier alpha value is -2.36. The first-order chi connectivity index (χ1) is 9.60. The minimum absolute atomic E-state index is 0.253. The van der Waals surface area contributed by atoms with Crippen LogP contribution in [0.3, 0.4) is 0 Å². The maximum atomic E-state index is 13.4. The van der Waals surface area contributed by atoms with Gasteiger partial charge in [0.2, 0.25) is 0 Å². The van der Waals surface area contributed by atoms with Crippen LogP contribution in [0.5, 0.6) is 0 Å². The molecule has 0 radical (unpaired) electrons. The van der Waals surface area contributed by atoms with E-state index in [1.54, 1.807) is 31.2 Å². The highest BCUT2D eigenvalue weighted by molar-refractivity contribution is 6.04. The van der Waals surface area contributed by atoms with Crippen LogP contribution in [0.25, 0.3) is 0 Å². The molecule has 0 atom stereocenters. The lowest BCUT2D eigenvalue weighted by atomic mass is 10.1. The summed E-state index contributed by atoms with van der Waals surface area (Å²) in [7, 11) is 0. The summed E-state index contributed by atoms with van der Waals surface area (Å²) in [6.45, 7) is 4.52. The molecule has 4 heteroatoms. The predicted octanol–water partition coefficient (Wildman–Crippen LogP) is 3.82. The van der Waals surface area contributed by atoms with Gasteiger partial charge in [0, 0.05) is 23.5 Å². The third-order valence-electron chi connectivity index (χ3n) is 2.96. The topological polar surface area (TPSA) is 41.1 Å². The number of benzene rings is 2. The molecule has 1 amide bonds. The smallest absolute Gasteiger partial charge is 0.255 e. The summed E-state index contributed by atoms with van der Waals surface area (Å²) in [6, 6.07) is 11.8. The van der Waals surface area contributed by atoms with E-state index in [2.05, 4.69) is 10.6 Å². The monoisotopic (exact) mass is 272 g/mol. The van der Waals surface area contributed by atoms with Crippen LogP contribution >= 0.6 is 0 Å². The van der Waals surface area contributed by atoms with E-state index < -0.39 is 0 Å². The van der Waals surface area contributed by atoms with Crippen LogP contribution in [-0.4, -0.2) is 12.5 Å². The number of nitrogens with one attached hydrogen (secondary N) is 2. The summed E-state index contributed by atoms with van der Waals surface area (Å²) in [4.78, 5) is 12.0. The maximum absolute atomic E-state index is 13.4. The van der Waals surface area contributed by atoms with Gasteiger partial charge in [-0.3, -0.25) is 4.79 Å². The molecule has 0 aliphatic carbocycles. The lowest BCUT2D eigenvalue weighted by Crippen LogP contribution is -2.12. The van der Waals surface area contributed by atoms with Crippen LogP contribution in [0.2, 0.25) is 0 Å². The van der Waals surface area contributed by atoms with E-state index in [9.17, 15) is 9.18 Å². The first-order valence-electron chi connectivity index (χ1n) is 6.51. The predicted molar refractivity (Wildman–Crippen MR) is 79.7 cm³/mol. The number of hydrogen-bond donors (Lipinski definition) is 2. The Morgan fingerprint density at radius 2 is 1.75 bits per heavy atom. The number of anilines is 2. The minimum atomic E-state index is -0.328. The van der Waals surface area contributed by atoms with Crippen LogP contribution in [0.15, 0.2) is 42.5 Å². The molecule has 2 aromatic carbocycles. The number of aryl methyl sites for hydroxylation is 1. The SMILES string of the molecule is CCNc1ccc(C(=O)Nc2ccc(C)c(F)c2)cc1. The van der Waals surface area contributed by atoms with Crippen molar-refractivity contribution in [3.63, 3.8) is 0 Å². The average Bonchev–Trinajstić information content (AvgIpc) is 2.44. The lowest BCUT2D eigenvalue weighted by molar-refractivity contribution is 0.102. The highest BCUT2D eigenvalue weighted by atomic mass is 19.1. The Balaban J connectivity index is 2.09. The summed E-state index contributed by atoms with van der Waals surface area (Å²) in [5.74, 6) is -0.582. The summed E-state index contributed by atoms with van der Waals surface area (Å²) in [6.07, 6.45) is 0. The maximum Gasteiger partial charge on any atom is 0.255 e. The van der Waals surface area contributed by atoms with Crippen molar-refractivity contribution in [2.24, 2.45) is 0 Å². The van der Waals surface area contributed by atoms with Gasteiger partial charge in [0.05, 0.1) is 0 Å². The van der Waals surface area contributed by atoms with E-state index in [0.29, 0.717) is 16.8 Å². The molecule has 0 spiro atoms. The van der Waals surface area contributed by atoms with E-state index in [1.807, 2.05) is 19.1 Å². The second-order valence-corrected chi connectivity index (χ2v) is 4.53. The van der Waals surface area contributed by atoms with Crippen LogP contribution < -0.4 is 10.6 Å². The Labute approximate surface area is 117 Å². The van der Waals surface area contributed by atoms with E-state index in [-0.39, 0.29) is 11.7 Å². The summed E-state index contributed by atoms with van der Waals surface area (Å²) >= 11 is 0. The summed E-state index contributed by atoms with van der Waals surface area (Å²) in [5.41, 5.74) is 2.50. The van der Waals surface area contributed by atoms with Crippen LogP contribution in [-0.2, 0) is 0 Å². The van der Waals surface area contributed by atoms with Gasteiger partial charge in [-0.1, -0.05) is 6.07 Å². The number of rotatable bonds is 4. The van der Waals surface area contributed by atoms with Crippen molar-refractivity contribution in [2.45, 2.75) is 13.8 Å². The molecule has 0 fully saturated rings. The minimum Gasteiger partial charge on any atom is -0.385 e. The van der Waals surface area contributed by atoms with Crippen LogP contribution in [0.4, 0.5) is 15.8 Å². The van der Waals surface area contributed by atoms with Crippen molar-refractivity contribution in [3.05, 3.63) is 59.4 Å². The van der Waals surface area contributed by atoms with Gasteiger partial charge in [-0.05, 0) is 55.8 Å². The van der Waals surface area contributed by atoms with Gasteiger partial charge in [-0.25, -0.2) is 4.39 Å². The van der Waals surface area contributed by atoms with Crippen molar-refractivity contribution in [1.82, 2.24) is 0 Å². The first kappa shape index (κ1) is 14.1. The largest absolute Gasteiger partial charge is 0.385 e. The van der Waals surface area contributed by atoms with Gasteiger partial charge in [0.25, 0.3) is 5.91 Å². The van der Waals surface area contributed by atoms with Gasteiger partial charge < -0.3 is 10.6 Å². The molecule has 0 heterocycles. The third kappa shape index (κ3) is 3.35. The van der Waals surface area contributed by atoms with Gasteiger partial charge in [0.15, 0.2) is 0 Å². The zero-order valence-corrected chi connectivity index (χ0v) is 11.5. The molecule has 3 nitrogen and oxygen atoms in total. The number of carbonyl (C=O) groups excluding carboxylic acids is 1. The fourth-order valence-electron chi connectivity index (χ4n) is 1.82. The first-order valence-corrected chi connectivity index (χ1v) is 6.51. The zero-order valence-electron chi connectivity index (χ0n) is 11.5. The van der Waals surface area contributed by atoms with E-state index in [0.717, 1.165) is 12.2 Å². The van der Waals surface area contributed by atoms with Crippen LogP contribution in [0, 0.1) is 12.7 Å². The van der Waals surface area contributed by atoms with Gasteiger partial charge >= 0.3 is 0 Å². The summed E-state index contributed by atoms with van der Waals surface area (Å²) in [5, 5.41) is 5.83. The lowest BCUT2D eigenvalue weighted by Gasteiger charge is -2.08. The molecule has 2 N–H and O–H groups in total. The number of carbonyl (C=O) groups is 1. The highest BCUT2D eigenvalue weighted by Crippen LogP contribution is 2.15. The second-order valence-electron chi connectivity index (χ2n) is 4.53. The Kier molecular flexibility index (Phi) is 4.35. The third-order valence-corrected chi connectivity index (χ3v) is 2.96.